The van der Waals surface area contributed by atoms with Gasteiger partial charge in [-0.1, -0.05) is 24.6 Å². The van der Waals surface area contributed by atoms with Gasteiger partial charge in [0.1, 0.15) is 5.75 Å². The molecule has 0 aliphatic heterocycles. The van der Waals surface area contributed by atoms with Crippen molar-refractivity contribution >= 4 is 34.5 Å². The van der Waals surface area contributed by atoms with E-state index in [1.54, 1.807) is 36.6 Å². The van der Waals surface area contributed by atoms with E-state index in [0.717, 1.165) is 22.7 Å². The SMILES string of the molecule is CCC[NH+](CC(=O)Nc1cc(Cl)ccc1OC)Cc1nnc(-c2cccs2)o1. The Morgan fingerprint density at radius 3 is 2.93 bits per heavy atom. The molecule has 0 radical (unpaired) electrons. The molecule has 2 heterocycles. The molecule has 9 heteroatoms. The molecule has 2 N–H and O–H groups in total. The summed E-state index contributed by atoms with van der Waals surface area (Å²) in [5.74, 6) is 1.45. The van der Waals surface area contributed by atoms with Gasteiger partial charge >= 0.3 is 0 Å². The van der Waals surface area contributed by atoms with Crippen molar-refractivity contribution in [2.24, 2.45) is 0 Å². The van der Waals surface area contributed by atoms with Gasteiger partial charge < -0.3 is 19.4 Å². The first-order valence-corrected chi connectivity index (χ1v) is 10.2. The Labute approximate surface area is 172 Å². The van der Waals surface area contributed by atoms with Crippen LogP contribution in [0, 0.1) is 0 Å². The number of amides is 1. The Morgan fingerprint density at radius 2 is 2.21 bits per heavy atom. The quantitative estimate of drug-likeness (QED) is 0.555. The van der Waals surface area contributed by atoms with Gasteiger partial charge in [-0.3, -0.25) is 4.79 Å². The number of methoxy groups -OCH3 is 1. The fourth-order valence-corrected chi connectivity index (χ4v) is 3.65. The molecule has 2 aromatic heterocycles. The molecule has 1 aromatic carbocycles. The topological polar surface area (TPSA) is 81.7 Å². The number of halogens is 1. The zero-order valence-corrected chi connectivity index (χ0v) is 17.3. The average Bonchev–Trinajstić information content (AvgIpc) is 3.33. The van der Waals surface area contributed by atoms with Gasteiger partial charge in [-0.25, -0.2) is 0 Å². The van der Waals surface area contributed by atoms with E-state index < -0.39 is 0 Å². The first-order valence-electron chi connectivity index (χ1n) is 8.92. The second-order valence-electron chi connectivity index (χ2n) is 6.22. The summed E-state index contributed by atoms with van der Waals surface area (Å²) in [5, 5.41) is 13.6. The number of carbonyl (C=O) groups excluding carboxylic acids is 1. The van der Waals surface area contributed by atoms with E-state index in [1.807, 2.05) is 17.5 Å². The van der Waals surface area contributed by atoms with Crippen molar-refractivity contribution in [3.05, 3.63) is 46.6 Å². The maximum absolute atomic E-state index is 12.6. The Hall–Kier alpha value is -2.42. The normalized spacial score (nSPS) is 12.0. The van der Waals surface area contributed by atoms with E-state index in [0.29, 0.717) is 34.8 Å². The molecular formula is C19H22ClN4O3S+. The number of hydrogen-bond acceptors (Lipinski definition) is 6. The molecule has 0 saturated carbocycles. The van der Waals surface area contributed by atoms with Crippen molar-refractivity contribution in [2.75, 3.05) is 25.5 Å². The Bertz CT molecular complexity index is 914. The van der Waals surface area contributed by atoms with Crippen LogP contribution in [0.5, 0.6) is 5.75 Å². The Balaban J connectivity index is 1.64. The van der Waals surface area contributed by atoms with E-state index in [1.165, 1.54) is 0 Å². The molecule has 7 nitrogen and oxygen atoms in total. The number of hydrogen-bond donors (Lipinski definition) is 2. The first kappa shape index (κ1) is 20.3. The predicted molar refractivity (Wildman–Crippen MR) is 109 cm³/mol. The number of carbonyl (C=O) groups is 1. The third-order valence-electron chi connectivity index (χ3n) is 4.05. The molecule has 3 rings (SSSR count). The Morgan fingerprint density at radius 1 is 1.36 bits per heavy atom. The molecule has 148 valence electrons. The van der Waals surface area contributed by atoms with E-state index in [2.05, 4.69) is 22.4 Å². The fraction of sp³-hybridized carbons (Fsp3) is 0.316. The summed E-state index contributed by atoms with van der Waals surface area (Å²) in [6, 6.07) is 8.98. The largest absolute Gasteiger partial charge is 0.495 e. The summed E-state index contributed by atoms with van der Waals surface area (Å²) in [5.41, 5.74) is 0.550. The molecular weight excluding hydrogens is 400 g/mol. The maximum Gasteiger partial charge on any atom is 0.279 e. The van der Waals surface area contributed by atoms with E-state index >= 15 is 0 Å². The average molecular weight is 422 g/mol. The molecule has 1 unspecified atom stereocenters. The zero-order chi connectivity index (χ0) is 19.9. The fourth-order valence-electron chi connectivity index (χ4n) is 2.83. The van der Waals surface area contributed by atoms with Crippen LogP contribution in [0.1, 0.15) is 19.2 Å². The number of ether oxygens (including phenoxy) is 1. The highest BCUT2D eigenvalue weighted by Crippen LogP contribution is 2.27. The van der Waals surface area contributed by atoms with Gasteiger partial charge in [-0.15, -0.1) is 21.5 Å². The highest BCUT2D eigenvalue weighted by molar-refractivity contribution is 7.13. The second-order valence-corrected chi connectivity index (χ2v) is 7.61. The third kappa shape index (κ3) is 5.31. The summed E-state index contributed by atoms with van der Waals surface area (Å²) in [7, 11) is 1.55. The minimum atomic E-state index is -0.137. The van der Waals surface area contributed by atoms with Gasteiger partial charge in [0.15, 0.2) is 13.1 Å². The first-order chi connectivity index (χ1) is 13.6. The second kappa shape index (κ2) is 9.68. The van der Waals surface area contributed by atoms with Gasteiger partial charge in [-0.2, -0.15) is 0 Å². The molecule has 0 aliphatic carbocycles. The number of thiophene rings is 1. The lowest BCUT2D eigenvalue weighted by molar-refractivity contribution is -0.907. The van der Waals surface area contributed by atoms with Gasteiger partial charge in [0.05, 0.1) is 24.2 Å². The number of nitrogens with one attached hydrogen (secondary N) is 2. The summed E-state index contributed by atoms with van der Waals surface area (Å²) in [6.07, 6.45) is 0.926. The van der Waals surface area contributed by atoms with Crippen molar-refractivity contribution in [2.45, 2.75) is 19.9 Å². The number of benzene rings is 1. The lowest BCUT2D eigenvalue weighted by Crippen LogP contribution is -3.11. The van der Waals surface area contributed by atoms with Gasteiger partial charge in [0.25, 0.3) is 17.7 Å². The molecule has 0 spiro atoms. The van der Waals surface area contributed by atoms with E-state index in [-0.39, 0.29) is 12.5 Å². The van der Waals surface area contributed by atoms with Crippen molar-refractivity contribution in [1.29, 1.82) is 0 Å². The molecule has 0 aliphatic rings. The van der Waals surface area contributed by atoms with Crippen LogP contribution in [0.2, 0.25) is 5.02 Å². The summed E-state index contributed by atoms with van der Waals surface area (Å²) in [6.45, 7) is 3.62. The standard InChI is InChI=1S/C19H21ClN4O3S/c1-3-8-24(12-18-22-23-19(27-18)16-5-4-9-28-16)11-17(25)21-14-10-13(20)6-7-15(14)26-2/h4-7,9-10H,3,8,11-12H2,1-2H3,(H,21,25)/p+1. The van der Waals surface area contributed by atoms with Crippen LogP contribution in [-0.2, 0) is 11.3 Å². The van der Waals surface area contributed by atoms with Gasteiger partial charge in [0, 0.05) is 5.02 Å². The van der Waals surface area contributed by atoms with Crippen LogP contribution in [0.3, 0.4) is 0 Å². The number of anilines is 1. The molecule has 3 aromatic rings. The summed E-state index contributed by atoms with van der Waals surface area (Å²) in [4.78, 5) is 14.5. The lowest BCUT2D eigenvalue weighted by atomic mass is 10.3. The summed E-state index contributed by atoms with van der Waals surface area (Å²) < 4.78 is 11.0. The summed E-state index contributed by atoms with van der Waals surface area (Å²) >= 11 is 7.57. The van der Waals surface area contributed by atoms with Crippen molar-refractivity contribution in [1.82, 2.24) is 10.2 Å². The van der Waals surface area contributed by atoms with Crippen molar-refractivity contribution < 1.29 is 18.8 Å². The molecule has 0 bridgehead atoms. The lowest BCUT2D eigenvalue weighted by Gasteiger charge is -2.17. The van der Waals surface area contributed by atoms with Crippen LogP contribution in [-0.4, -0.2) is 36.3 Å². The molecule has 0 saturated heterocycles. The van der Waals surface area contributed by atoms with Crippen LogP contribution >= 0.6 is 22.9 Å². The number of nitrogens with zero attached hydrogens (tertiary/aromatic N) is 2. The van der Waals surface area contributed by atoms with E-state index in [4.69, 9.17) is 20.8 Å². The van der Waals surface area contributed by atoms with Gasteiger partial charge in [0.2, 0.25) is 0 Å². The number of rotatable bonds is 9. The molecule has 1 atom stereocenters. The minimum Gasteiger partial charge on any atom is -0.495 e. The molecule has 1 amide bonds. The van der Waals surface area contributed by atoms with E-state index in [9.17, 15) is 4.79 Å². The maximum atomic E-state index is 12.6. The highest BCUT2D eigenvalue weighted by Gasteiger charge is 2.19. The van der Waals surface area contributed by atoms with Crippen LogP contribution in [0.4, 0.5) is 5.69 Å². The molecule has 0 fully saturated rings. The predicted octanol–water partition coefficient (Wildman–Crippen LogP) is 2.89. The van der Waals surface area contributed by atoms with Crippen LogP contribution in [0.25, 0.3) is 10.8 Å². The van der Waals surface area contributed by atoms with Gasteiger partial charge in [-0.05, 0) is 36.1 Å². The van der Waals surface area contributed by atoms with Crippen LogP contribution < -0.4 is 15.0 Å². The number of quaternary nitrogens is 1. The van der Waals surface area contributed by atoms with Crippen molar-refractivity contribution in [3.63, 3.8) is 0 Å². The third-order valence-corrected chi connectivity index (χ3v) is 5.14. The number of aromatic nitrogens is 2. The zero-order valence-electron chi connectivity index (χ0n) is 15.7. The monoisotopic (exact) mass is 421 g/mol. The highest BCUT2D eigenvalue weighted by atomic mass is 35.5. The Kier molecular flexibility index (Phi) is 7.02. The van der Waals surface area contributed by atoms with Crippen molar-refractivity contribution in [3.8, 4) is 16.5 Å². The van der Waals surface area contributed by atoms with Crippen LogP contribution in [0.15, 0.2) is 40.1 Å². The smallest absolute Gasteiger partial charge is 0.279 e. The molecule has 28 heavy (non-hydrogen) atoms. The minimum absolute atomic E-state index is 0.137.